The van der Waals surface area contributed by atoms with Crippen LogP contribution in [-0.2, 0) is 15.1 Å². The maximum atomic E-state index is 12.5. The fraction of sp³-hybridized carbons (Fsp3) is 0.588. The molecule has 4 nitrogen and oxygen atoms in total. The van der Waals surface area contributed by atoms with Crippen molar-refractivity contribution in [1.29, 1.82) is 0 Å². The molecule has 21 heavy (non-hydrogen) atoms. The van der Waals surface area contributed by atoms with E-state index in [1.807, 2.05) is 37.4 Å². The number of benzene rings is 1. The molecule has 1 aromatic carbocycles. The van der Waals surface area contributed by atoms with Crippen molar-refractivity contribution in [1.82, 2.24) is 10.2 Å². The number of esters is 1. The average Bonchev–Trinajstić information content (AvgIpc) is 3.36. The molecule has 0 bridgehead atoms. The summed E-state index contributed by atoms with van der Waals surface area (Å²) in [5.41, 5.74) is 0.114. The molecule has 2 rings (SSSR count). The topological polar surface area (TPSA) is 41.6 Å². The van der Waals surface area contributed by atoms with Crippen molar-refractivity contribution in [3.05, 3.63) is 35.9 Å². The fourth-order valence-corrected chi connectivity index (χ4v) is 2.95. The second kappa shape index (κ2) is 6.58. The van der Waals surface area contributed by atoms with E-state index in [0.29, 0.717) is 12.6 Å². The van der Waals surface area contributed by atoms with Crippen LogP contribution in [0.1, 0.15) is 25.3 Å². The predicted molar refractivity (Wildman–Crippen MR) is 84.0 cm³/mol. The highest BCUT2D eigenvalue weighted by atomic mass is 16.5. The van der Waals surface area contributed by atoms with Crippen LogP contribution in [0.15, 0.2) is 30.3 Å². The van der Waals surface area contributed by atoms with Gasteiger partial charge in [0.1, 0.15) is 0 Å². The van der Waals surface area contributed by atoms with Gasteiger partial charge in [-0.25, -0.2) is 4.79 Å². The molecule has 0 radical (unpaired) electrons. The number of hydrogen-bond donors (Lipinski definition) is 1. The number of rotatable bonds is 7. The summed E-state index contributed by atoms with van der Waals surface area (Å²) in [5.74, 6) is 0.518. The van der Waals surface area contributed by atoms with Crippen molar-refractivity contribution in [2.45, 2.75) is 31.3 Å². The molecule has 0 heterocycles. The zero-order chi connectivity index (χ0) is 15.5. The molecule has 1 saturated carbocycles. The van der Waals surface area contributed by atoms with Gasteiger partial charge in [0.15, 0.2) is 5.54 Å². The van der Waals surface area contributed by atoms with E-state index in [9.17, 15) is 4.79 Å². The minimum absolute atomic E-state index is 0.244. The summed E-state index contributed by atoms with van der Waals surface area (Å²) in [7, 11) is 5.35. The molecule has 1 aliphatic carbocycles. The maximum absolute atomic E-state index is 12.5. The van der Waals surface area contributed by atoms with Gasteiger partial charge in [0, 0.05) is 12.6 Å². The van der Waals surface area contributed by atoms with E-state index >= 15 is 0 Å². The van der Waals surface area contributed by atoms with Gasteiger partial charge in [0.25, 0.3) is 0 Å². The largest absolute Gasteiger partial charge is 0.467 e. The minimum atomic E-state index is -0.825. The van der Waals surface area contributed by atoms with Gasteiger partial charge in [-0.05, 0) is 45.3 Å². The summed E-state index contributed by atoms with van der Waals surface area (Å²) in [6.45, 7) is 2.83. The molecule has 2 atom stereocenters. The average molecular weight is 290 g/mol. The van der Waals surface area contributed by atoms with Gasteiger partial charge >= 0.3 is 5.97 Å². The summed E-state index contributed by atoms with van der Waals surface area (Å²) < 4.78 is 5.09. The highest BCUT2D eigenvalue weighted by Gasteiger charge is 2.43. The molecule has 1 aromatic rings. The van der Waals surface area contributed by atoms with Crippen molar-refractivity contribution >= 4 is 5.97 Å². The van der Waals surface area contributed by atoms with E-state index in [4.69, 9.17) is 4.74 Å². The molecular weight excluding hydrogens is 264 g/mol. The van der Waals surface area contributed by atoms with Gasteiger partial charge in [-0.2, -0.15) is 0 Å². The monoisotopic (exact) mass is 290 g/mol. The first kappa shape index (κ1) is 16.0. The molecule has 1 aliphatic rings. The molecule has 1 fully saturated rings. The lowest BCUT2D eigenvalue weighted by Gasteiger charge is -2.37. The van der Waals surface area contributed by atoms with Crippen LogP contribution in [0.2, 0.25) is 0 Å². The number of ether oxygens (including phenoxy) is 1. The van der Waals surface area contributed by atoms with E-state index in [-0.39, 0.29) is 5.97 Å². The first-order chi connectivity index (χ1) is 10.0. The molecule has 1 N–H and O–H groups in total. The Kier molecular flexibility index (Phi) is 5.01. The Morgan fingerprint density at radius 2 is 2.05 bits per heavy atom. The van der Waals surface area contributed by atoms with Crippen LogP contribution >= 0.6 is 0 Å². The van der Waals surface area contributed by atoms with E-state index < -0.39 is 5.54 Å². The summed E-state index contributed by atoms with van der Waals surface area (Å²) >= 11 is 0. The van der Waals surface area contributed by atoms with Crippen LogP contribution in [0, 0.1) is 5.92 Å². The first-order valence-electron chi connectivity index (χ1n) is 7.58. The van der Waals surface area contributed by atoms with Crippen LogP contribution in [-0.4, -0.2) is 44.7 Å². The SMILES string of the molecule is CNC(CN(C)C(C)C1CC1)(C(=O)OC)c1ccccc1. The summed E-state index contributed by atoms with van der Waals surface area (Å²) in [6, 6.07) is 10.3. The number of likely N-dealkylation sites (N-methyl/N-ethyl adjacent to an activating group) is 2. The third-order valence-corrected chi connectivity index (χ3v) is 4.71. The highest BCUT2D eigenvalue weighted by Crippen LogP contribution is 2.36. The smallest absolute Gasteiger partial charge is 0.332 e. The van der Waals surface area contributed by atoms with Gasteiger partial charge in [-0.1, -0.05) is 30.3 Å². The third kappa shape index (κ3) is 3.27. The molecular formula is C17H26N2O2. The normalized spacial score (nSPS) is 19.1. The third-order valence-electron chi connectivity index (χ3n) is 4.71. The molecule has 4 heteroatoms. The number of nitrogens with zero attached hydrogens (tertiary/aromatic N) is 1. The quantitative estimate of drug-likeness (QED) is 0.780. The van der Waals surface area contributed by atoms with Gasteiger partial charge in [-0.3, -0.25) is 0 Å². The molecule has 0 aromatic heterocycles. The van der Waals surface area contributed by atoms with Crippen molar-refractivity contribution in [2.75, 3.05) is 27.7 Å². The number of carbonyl (C=O) groups excluding carboxylic acids is 1. The van der Waals surface area contributed by atoms with Gasteiger partial charge < -0.3 is 15.0 Å². The maximum Gasteiger partial charge on any atom is 0.332 e. The molecule has 0 aliphatic heterocycles. The summed E-state index contributed by atoms with van der Waals surface area (Å²) in [5, 5.41) is 3.21. The van der Waals surface area contributed by atoms with Crippen molar-refractivity contribution < 1.29 is 9.53 Å². The number of carbonyl (C=O) groups is 1. The van der Waals surface area contributed by atoms with Crippen LogP contribution in [0.4, 0.5) is 0 Å². The van der Waals surface area contributed by atoms with Gasteiger partial charge in [0.2, 0.25) is 0 Å². The Morgan fingerprint density at radius 3 is 2.52 bits per heavy atom. The van der Waals surface area contributed by atoms with Gasteiger partial charge in [-0.15, -0.1) is 0 Å². The molecule has 0 amide bonds. The second-order valence-electron chi connectivity index (χ2n) is 6.01. The van der Waals surface area contributed by atoms with Crippen molar-refractivity contribution in [3.63, 3.8) is 0 Å². The van der Waals surface area contributed by atoms with Crippen LogP contribution in [0.3, 0.4) is 0 Å². The number of nitrogens with one attached hydrogen (secondary N) is 1. The van der Waals surface area contributed by atoms with E-state index in [0.717, 1.165) is 11.5 Å². The Labute approximate surface area is 127 Å². The zero-order valence-electron chi connectivity index (χ0n) is 13.4. The Balaban J connectivity index is 2.28. The Hall–Kier alpha value is -1.39. The minimum Gasteiger partial charge on any atom is -0.467 e. The number of methoxy groups -OCH3 is 1. The lowest BCUT2D eigenvalue weighted by molar-refractivity contribution is -0.150. The first-order valence-corrected chi connectivity index (χ1v) is 7.58. The van der Waals surface area contributed by atoms with Crippen molar-refractivity contribution in [3.8, 4) is 0 Å². The standard InChI is InChI=1S/C17H26N2O2/c1-13(14-10-11-14)19(3)12-17(18-2,16(20)21-4)15-8-6-5-7-9-15/h5-9,13-14,18H,10-12H2,1-4H3. The molecule has 0 spiro atoms. The predicted octanol–water partition coefficient (Wildman–Crippen LogP) is 2.00. The van der Waals surface area contributed by atoms with E-state index in [1.165, 1.54) is 20.0 Å². The summed E-state index contributed by atoms with van der Waals surface area (Å²) in [4.78, 5) is 14.8. The lowest BCUT2D eigenvalue weighted by Crippen LogP contribution is -2.56. The lowest BCUT2D eigenvalue weighted by atomic mass is 9.88. The van der Waals surface area contributed by atoms with Crippen molar-refractivity contribution in [2.24, 2.45) is 5.92 Å². The molecule has 0 saturated heterocycles. The van der Waals surface area contributed by atoms with Crippen LogP contribution in [0.5, 0.6) is 0 Å². The van der Waals surface area contributed by atoms with Crippen LogP contribution < -0.4 is 5.32 Å². The van der Waals surface area contributed by atoms with E-state index in [1.54, 1.807) is 0 Å². The summed E-state index contributed by atoms with van der Waals surface area (Å²) in [6.07, 6.45) is 2.59. The molecule has 116 valence electrons. The Bertz CT molecular complexity index is 473. The van der Waals surface area contributed by atoms with E-state index in [2.05, 4.69) is 24.2 Å². The van der Waals surface area contributed by atoms with Gasteiger partial charge in [0.05, 0.1) is 7.11 Å². The number of hydrogen-bond acceptors (Lipinski definition) is 4. The second-order valence-corrected chi connectivity index (χ2v) is 6.01. The fourth-order valence-electron chi connectivity index (χ4n) is 2.95. The van der Waals surface area contributed by atoms with Crippen LogP contribution in [0.25, 0.3) is 0 Å². The Morgan fingerprint density at radius 1 is 1.43 bits per heavy atom. The molecule has 2 unspecified atom stereocenters. The highest BCUT2D eigenvalue weighted by molar-refractivity contribution is 5.83. The zero-order valence-corrected chi connectivity index (χ0v) is 13.4.